The molecule has 2 aromatic rings. The molecule has 3 aliphatic rings. The van der Waals surface area contributed by atoms with Crippen LogP contribution in [0, 0.1) is 0 Å². The van der Waals surface area contributed by atoms with Crippen LogP contribution in [0.3, 0.4) is 0 Å². The fourth-order valence-corrected chi connectivity index (χ4v) is 9.42. The number of hydrogen-bond donors (Lipinski definition) is 2. The van der Waals surface area contributed by atoms with Crippen LogP contribution in [0.1, 0.15) is 57.8 Å². The zero-order chi connectivity index (χ0) is 26.7. The minimum absolute atomic E-state index is 0.000717. The number of sulfonamides is 1. The number of rotatable bonds is 9. The first-order chi connectivity index (χ1) is 18.3. The number of amides is 2. The Bertz CT molecular complexity index is 1240. The molecule has 0 spiro atoms. The Kier molecular flexibility index (Phi) is 9.11. The highest BCUT2D eigenvalue weighted by atomic mass is 35.5. The zero-order valence-corrected chi connectivity index (χ0v) is 24.6. The van der Waals surface area contributed by atoms with Crippen molar-refractivity contribution in [3.63, 3.8) is 0 Å². The van der Waals surface area contributed by atoms with Crippen molar-refractivity contribution in [2.24, 2.45) is 0 Å². The van der Waals surface area contributed by atoms with E-state index < -0.39 is 16.1 Å². The molecule has 2 amide bonds. The molecule has 4 heterocycles. The van der Waals surface area contributed by atoms with E-state index in [9.17, 15) is 18.0 Å². The Morgan fingerprint density at radius 2 is 1.68 bits per heavy atom. The second-order valence-corrected chi connectivity index (χ2v) is 15.2. The van der Waals surface area contributed by atoms with Crippen molar-refractivity contribution in [2.45, 2.75) is 80.1 Å². The molecule has 2 N–H and O–H groups in total. The predicted molar refractivity (Wildman–Crippen MR) is 152 cm³/mol. The lowest BCUT2D eigenvalue weighted by Gasteiger charge is -2.34. The fraction of sp³-hybridized carbons (Fsp3) is 0.615. The number of piperidine rings is 1. The summed E-state index contributed by atoms with van der Waals surface area (Å²) in [7, 11) is -3.88. The summed E-state index contributed by atoms with van der Waals surface area (Å²) in [6.45, 7) is 1.97. The molecule has 8 nitrogen and oxygen atoms in total. The van der Waals surface area contributed by atoms with E-state index in [1.807, 2.05) is 11.0 Å². The number of nitrogens with one attached hydrogen (secondary N) is 2. The second kappa shape index (κ2) is 12.3. The fourth-order valence-electron chi connectivity index (χ4n) is 5.74. The molecule has 38 heavy (non-hydrogen) atoms. The van der Waals surface area contributed by atoms with Gasteiger partial charge in [0.1, 0.15) is 10.3 Å². The monoisotopic (exact) mass is 598 g/mol. The number of nitrogens with zero attached hydrogens (tertiary/aromatic N) is 2. The standard InChI is InChI=1S/C26H35ClN4O4S3/c27-23-12-10-21(36-23)22-11-13-25(37-22)38(34,35)29-20-9-5-14-30(26(20)33)17-24(32)31-15-4-8-19(31)16-28-18-6-2-1-3-7-18/h10-13,18-20,28-29H,1-9,14-17H2. The Morgan fingerprint density at radius 3 is 2.45 bits per heavy atom. The Balaban J connectivity index is 1.17. The van der Waals surface area contributed by atoms with Gasteiger partial charge in [-0.1, -0.05) is 30.9 Å². The summed E-state index contributed by atoms with van der Waals surface area (Å²) in [6, 6.07) is 6.78. The highest BCUT2D eigenvalue weighted by Gasteiger charge is 2.36. The number of carbonyl (C=O) groups is 2. The zero-order valence-electron chi connectivity index (χ0n) is 21.4. The third-order valence-corrected chi connectivity index (χ3v) is 12.2. The lowest BCUT2D eigenvalue weighted by Crippen LogP contribution is -2.55. The van der Waals surface area contributed by atoms with Gasteiger partial charge < -0.3 is 15.1 Å². The summed E-state index contributed by atoms with van der Waals surface area (Å²) in [6.07, 6.45) is 9.26. The molecule has 1 aliphatic carbocycles. The summed E-state index contributed by atoms with van der Waals surface area (Å²) in [4.78, 5) is 31.6. The van der Waals surface area contributed by atoms with E-state index in [4.69, 9.17) is 11.6 Å². The van der Waals surface area contributed by atoms with Gasteiger partial charge in [-0.3, -0.25) is 9.59 Å². The van der Waals surface area contributed by atoms with Crippen molar-refractivity contribution in [3.05, 3.63) is 28.6 Å². The van der Waals surface area contributed by atoms with Crippen LogP contribution < -0.4 is 10.0 Å². The minimum atomic E-state index is -3.88. The van der Waals surface area contributed by atoms with Gasteiger partial charge in [0.05, 0.1) is 10.9 Å². The maximum absolute atomic E-state index is 13.2. The van der Waals surface area contributed by atoms with Crippen LogP contribution in [0.15, 0.2) is 28.5 Å². The van der Waals surface area contributed by atoms with E-state index in [1.54, 1.807) is 18.2 Å². The van der Waals surface area contributed by atoms with Crippen LogP contribution in [-0.2, 0) is 19.6 Å². The molecule has 5 rings (SSSR count). The van der Waals surface area contributed by atoms with Crippen LogP contribution in [0.4, 0.5) is 0 Å². The van der Waals surface area contributed by atoms with Crippen LogP contribution >= 0.6 is 34.3 Å². The van der Waals surface area contributed by atoms with Crippen molar-refractivity contribution in [1.82, 2.24) is 19.8 Å². The lowest BCUT2D eigenvalue weighted by atomic mass is 9.95. The van der Waals surface area contributed by atoms with Gasteiger partial charge in [0.2, 0.25) is 11.8 Å². The minimum Gasteiger partial charge on any atom is -0.337 e. The van der Waals surface area contributed by atoms with Crippen LogP contribution in [0.5, 0.6) is 0 Å². The molecule has 0 bridgehead atoms. The molecule has 2 aromatic heterocycles. The Labute approximate surface area is 237 Å². The summed E-state index contributed by atoms with van der Waals surface area (Å²) < 4.78 is 29.6. The summed E-state index contributed by atoms with van der Waals surface area (Å²) >= 11 is 8.56. The number of likely N-dealkylation sites (tertiary alicyclic amines) is 2. The predicted octanol–water partition coefficient (Wildman–Crippen LogP) is 4.31. The summed E-state index contributed by atoms with van der Waals surface area (Å²) in [5.74, 6) is -0.377. The molecule has 2 unspecified atom stereocenters. The van der Waals surface area contributed by atoms with Gasteiger partial charge in [-0.2, -0.15) is 4.72 Å². The quantitative estimate of drug-likeness (QED) is 0.448. The molecule has 208 valence electrons. The van der Waals surface area contributed by atoms with Crippen LogP contribution in [0.25, 0.3) is 9.75 Å². The van der Waals surface area contributed by atoms with Crippen molar-refractivity contribution in [2.75, 3.05) is 26.2 Å². The average Bonchev–Trinajstić information content (AvgIpc) is 3.66. The average molecular weight is 599 g/mol. The van der Waals surface area contributed by atoms with Gasteiger partial charge in [-0.15, -0.1) is 22.7 Å². The summed E-state index contributed by atoms with van der Waals surface area (Å²) in [5, 5.41) is 3.67. The Morgan fingerprint density at radius 1 is 0.947 bits per heavy atom. The van der Waals surface area contributed by atoms with Crippen LogP contribution in [0.2, 0.25) is 4.34 Å². The second-order valence-electron chi connectivity index (χ2n) is 10.4. The van der Waals surface area contributed by atoms with E-state index in [1.165, 1.54) is 48.3 Å². The van der Waals surface area contributed by atoms with E-state index >= 15 is 0 Å². The molecule has 0 radical (unpaired) electrons. The number of hydrogen-bond acceptors (Lipinski definition) is 7. The SMILES string of the molecule is O=C1C(NS(=O)(=O)c2ccc(-c3ccc(Cl)s3)s2)CCCN1CC(=O)N1CCCC1CNC1CCCCC1. The topological polar surface area (TPSA) is 98.8 Å². The van der Waals surface area contributed by atoms with Gasteiger partial charge in [0.15, 0.2) is 0 Å². The van der Waals surface area contributed by atoms with E-state index in [0.29, 0.717) is 36.3 Å². The van der Waals surface area contributed by atoms with Crippen molar-refractivity contribution in [1.29, 1.82) is 0 Å². The molecule has 2 aliphatic heterocycles. The molecular formula is C26H35ClN4O4S3. The first-order valence-electron chi connectivity index (χ1n) is 13.5. The lowest BCUT2D eigenvalue weighted by molar-refractivity contribution is -0.143. The molecule has 2 atom stereocenters. The molecule has 1 saturated carbocycles. The molecule has 3 fully saturated rings. The van der Waals surface area contributed by atoms with Gasteiger partial charge in [-0.05, 0) is 62.8 Å². The molecule has 12 heteroatoms. The van der Waals surface area contributed by atoms with Crippen molar-refractivity contribution >= 4 is 56.1 Å². The number of carbonyl (C=O) groups excluding carboxylic acids is 2. The third-order valence-electron chi connectivity index (χ3n) is 7.76. The van der Waals surface area contributed by atoms with Gasteiger partial charge >= 0.3 is 0 Å². The summed E-state index contributed by atoms with van der Waals surface area (Å²) in [5.41, 5.74) is 0. The Hall–Kier alpha value is -1.50. The van der Waals surface area contributed by atoms with Gasteiger partial charge in [0.25, 0.3) is 10.0 Å². The van der Waals surface area contributed by atoms with Crippen molar-refractivity contribution < 1.29 is 18.0 Å². The van der Waals surface area contributed by atoms with Gasteiger partial charge in [0, 0.05) is 41.5 Å². The van der Waals surface area contributed by atoms with Gasteiger partial charge in [-0.25, -0.2) is 8.42 Å². The normalized spacial score (nSPS) is 23.3. The van der Waals surface area contributed by atoms with E-state index in [-0.39, 0.29) is 28.6 Å². The number of halogens is 1. The van der Waals surface area contributed by atoms with Crippen LogP contribution in [-0.4, -0.2) is 74.3 Å². The maximum atomic E-state index is 13.2. The molecular weight excluding hydrogens is 564 g/mol. The highest BCUT2D eigenvalue weighted by Crippen LogP contribution is 2.37. The maximum Gasteiger partial charge on any atom is 0.250 e. The third kappa shape index (κ3) is 6.62. The first kappa shape index (κ1) is 28.0. The van der Waals surface area contributed by atoms with E-state index in [0.717, 1.165) is 40.5 Å². The largest absolute Gasteiger partial charge is 0.337 e. The van der Waals surface area contributed by atoms with E-state index in [2.05, 4.69) is 10.0 Å². The van der Waals surface area contributed by atoms with Crippen molar-refractivity contribution in [3.8, 4) is 9.75 Å². The number of thiophene rings is 2. The molecule has 0 aromatic carbocycles. The molecule has 2 saturated heterocycles. The smallest absolute Gasteiger partial charge is 0.250 e. The highest BCUT2D eigenvalue weighted by molar-refractivity contribution is 7.91. The first-order valence-corrected chi connectivity index (χ1v) is 17.0.